The molecule has 1 aromatic rings. The Morgan fingerprint density at radius 1 is 0.929 bits per heavy atom. The molecule has 14 heavy (non-hydrogen) atoms. The summed E-state index contributed by atoms with van der Waals surface area (Å²) in [5, 5.41) is 0. The number of hydrogen-bond donors (Lipinski definition) is 0. The van der Waals surface area contributed by atoms with Crippen molar-refractivity contribution < 1.29 is 0 Å². The first-order valence-electron chi connectivity index (χ1n) is 4.45. The van der Waals surface area contributed by atoms with Crippen LogP contribution in [0.5, 0.6) is 0 Å². The maximum Gasteiger partial charge on any atom is 0.000580 e. The van der Waals surface area contributed by atoms with E-state index in [1.165, 1.54) is 11.1 Å². The first-order valence-corrected chi connectivity index (χ1v) is 5.32. The Morgan fingerprint density at radius 2 is 1.43 bits per heavy atom. The fourth-order valence-electron chi connectivity index (χ4n) is 1.24. The highest BCUT2D eigenvalue weighted by Gasteiger charge is 1.92. The Labute approximate surface area is 94.8 Å². The highest BCUT2D eigenvalue weighted by molar-refractivity contribution is 6.25. The second kappa shape index (κ2) is 6.69. The Morgan fingerprint density at radius 3 is 1.86 bits per heavy atom. The normalized spacial score (nSPS) is 11.6. The van der Waals surface area contributed by atoms with Gasteiger partial charge in [-0.1, -0.05) is 59.6 Å². The molecule has 0 atom stereocenters. The lowest BCUT2D eigenvalue weighted by molar-refractivity contribution is 1.20. The van der Waals surface area contributed by atoms with Crippen molar-refractivity contribution >= 4 is 23.2 Å². The van der Waals surface area contributed by atoms with Crippen molar-refractivity contribution in [1.29, 1.82) is 0 Å². The molecule has 0 saturated carbocycles. The van der Waals surface area contributed by atoms with Gasteiger partial charge in [0.05, 0.1) is 0 Å². The van der Waals surface area contributed by atoms with Crippen molar-refractivity contribution in [2.24, 2.45) is 0 Å². The number of allylic oxidation sites excluding steroid dienone is 2. The van der Waals surface area contributed by atoms with Crippen molar-refractivity contribution in [3.05, 3.63) is 58.6 Å². The van der Waals surface area contributed by atoms with Gasteiger partial charge in [0, 0.05) is 11.1 Å². The van der Waals surface area contributed by atoms with E-state index in [4.69, 9.17) is 23.2 Å². The molecule has 1 rings (SSSR count). The first-order chi connectivity index (χ1) is 6.86. The molecule has 1 aromatic carbocycles. The lowest BCUT2D eigenvalue weighted by atomic mass is 10.1. The van der Waals surface area contributed by atoms with Gasteiger partial charge in [-0.05, 0) is 24.0 Å². The summed E-state index contributed by atoms with van der Waals surface area (Å²) in [5.74, 6) is 0. The van der Waals surface area contributed by atoms with Gasteiger partial charge in [0.15, 0.2) is 0 Å². The molecule has 74 valence electrons. The van der Waals surface area contributed by atoms with Crippen LogP contribution in [0.1, 0.15) is 11.1 Å². The van der Waals surface area contributed by atoms with Crippen LogP contribution >= 0.6 is 23.2 Å². The van der Waals surface area contributed by atoms with Gasteiger partial charge in [0.25, 0.3) is 0 Å². The van der Waals surface area contributed by atoms with E-state index in [2.05, 4.69) is 24.3 Å². The van der Waals surface area contributed by atoms with Crippen molar-refractivity contribution in [2.75, 3.05) is 0 Å². The van der Waals surface area contributed by atoms with Crippen LogP contribution in [0.3, 0.4) is 0 Å². The third-order valence-corrected chi connectivity index (χ3v) is 2.23. The number of benzene rings is 1. The number of hydrogen-bond acceptors (Lipinski definition) is 0. The van der Waals surface area contributed by atoms with Crippen LogP contribution in [-0.2, 0) is 12.8 Å². The molecule has 0 aliphatic rings. The topological polar surface area (TPSA) is 0 Å². The summed E-state index contributed by atoms with van der Waals surface area (Å²) < 4.78 is 0. The van der Waals surface area contributed by atoms with Gasteiger partial charge >= 0.3 is 0 Å². The van der Waals surface area contributed by atoms with Crippen molar-refractivity contribution in [1.82, 2.24) is 0 Å². The van der Waals surface area contributed by atoms with Gasteiger partial charge in [0.1, 0.15) is 0 Å². The maximum atomic E-state index is 5.47. The standard InChI is InChI=1S/C12H12Cl2/c13-8-2-6-11-4-1-5-12(10-11)7-3-9-14/h1-5,8-10H,6-7H2. The zero-order chi connectivity index (χ0) is 10.2. The minimum absolute atomic E-state index is 0.877. The lowest BCUT2D eigenvalue weighted by Gasteiger charge is -2.00. The molecule has 0 heterocycles. The van der Waals surface area contributed by atoms with Crippen LogP contribution in [0.4, 0.5) is 0 Å². The molecule has 2 heteroatoms. The second-order valence-corrected chi connectivity index (χ2v) is 3.46. The predicted octanol–water partition coefficient (Wildman–Crippen LogP) is 4.28. The fourth-order valence-corrected chi connectivity index (χ4v) is 1.42. The average Bonchev–Trinajstić information content (AvgIpc) is 2.24. The maximum absolute atomic E-state index is 5.47. The molecule has 0 aliphatic carbocycles. The van der Waals surface area contributed by atoms with Crippen LogP contribution in [0.2, 0.25) is 0 Å². The third kappa shape index (κ3) is 3.99. The molecule has 0 amide bonds. The molecule has 0 saturated heterocycles. The molecular weight excluding hydrogens is 215 g/mol. The monoisotopic (exact) mass is 226 g/mol. The van der Waals surface area contributed by atoms with E-state index < -0.39 is 0 Å². The summed E-state index contributed by atoms with van der Waals surface area (Å²) in [5.41, 5.74) is 5.63. The molecule has 0 spiro atoms. The van der Waals surface area contributed by atoms with Gasteiger partial charge in [-0.2, -0.15) is 0 Å². The summed E-state index contributed by atoms with van der Waals surface area (Å²) in [4.78, 5) is 0. The van der Waals surface area contributed by atoms with Crippen LogP contribution < -0.4 is 0 Å². The number of halogens is 2. The summed E-state index contributed by atoms with van der Waals surface area (Å²) in [7, 11) is 0. The van der Waals surface area contributed by atoms with E-state index in [0.717, 1.165) is 12.8 Å². The van der Waals surface area contributed by atoms with Gasteiger partial charge < -0.3 is 0 Å². The minimum Gasteiger partial charge on any atom is -0.0933 e. The Hall–Kier alpha value is -0.720. The molecule has 0 N–H and O–H groups in total. The summed E-state index contributed by atoms with van der Waals surface area (Å²) >= 11 is 10.9. The Kier molecular flexibility index (Phi) is 5.43. The zero-order valence-electron chi connectivity index (χ0n) is 7.79. The minimum atomic E-state index is 0.877. The van der Waals surface area contributed by atoms with E-state index in [1.807, 2.05) is 12.2 Å². The van der Waals surface area contributed by atoms with Gasteiger partial charge in [-0.15, -0.1) is 0 Å². The molecule has 0 aromatic heterocycles. The molecule has 0 aliphatic heterocycles. The van der Waals surface area contributed by atoms with Crippen LogP contribution in [0.15, 0.2) is 47.5 Å². The Bertz CT molecular complexity index is 298. The van der Waals surface area contributed by atoms with Crippen LogP contribution in [0, 0.1) is 0 Å². The highest BCUT2D eigenvalue weighted by Crippen LogP contribution is 2.08. The van der Waals surface area contributed by atoms with Gasteiger partial charge in [-0.25, -0.2) is 0 Å². The summed E-state index contributed by atoms with van der Waals surface area (Å²) in [6.45, 7) is 0. The predicted molar refractivity (Wildman–Crippen MR) is 63.8 cm³/mol. The molecule has 0 nitrogen and oxygen atoms in total. The number of rotatable bonds is 4. The Balaban J connectivity index is 2.68. The zero-order valence-corrected chi connectivity index (χ0v) is 9.30. The van der Waals surface area contributed by atoms with Crippen molar-refractivity contribution in [3.8, 4) is 0 Å². The quantitative estimate of drug-likeness (QED) is 0.720. The van der Waals surface area contributed by atoms with Crippen LogP contribution in [-0.4, -0.2) is 0 Å². The summed E-state index contributed by atoms with van der Waals surface area (Å²) in [6.07, 6.45) is 5.61. The van der Waals surface area contributed by atoms with E-state index >= 15 is 0 Å². The van der Waals surface area contributed by atoms with Crippen molar-refractivity contribution in [2.45, 2.75) is 12.8 Å². The van der Waals surface area contributed by atoms with Crippen LogP contribution in [0.25, 0.3) is 0 Å². The largest absolute Gasteiger partial charge is 0.0933 e. The molecular formula is C12H12Cl2. The van der Waals surface area contributed by atoms with E-state index in [9.17, 15) is 0 Å². The third-order valence-electron chi connectivity index (χ3n) is 1.88. The van der Waals surface area contributed by atoms with Gasteiger partial charge in [-0.3, -0.25) is 0 Å². The highest BCUT2D eigenvalue weighted by atomic mass is 35.5. The molecule has 0 radical (unpaired) electrons. The fraction of sp³-hybridized carbons (Fsp3) is 0.167. The lowest BCUT2D eigenvalue weighted by Crippen LogP contribution is -1.85. The second-order valence-electron chi connectivity index (χ2n) is 2.95. The van der Waals surface area contributed by atoms with Gasteiger partial charge in [0.2, 0.25) is 0 Å². The average molecular weight is 227 g/mol. The molecule has 0 fully saturated rings. The summed E-state index contributed by atoms with van der Waals surface area (Å²) in [6, 6.07) is 8.39. The van der Waals surface area contributed by atoms with E-state index in [1.54, 1.807) is 11.1 Å². The molecule has 0 unspecified atom stereocenters. The van der Waals surface area contributed by atoms with E-state index in [0.29, 0.717) is 0 Å². The van der Waals surface area contributed by atoms with E-state index in [-0.39, 0.29) is 0 Å². The molecule has 0 bridgehead atoms. The van der Waals surface area contributed by atoms with Crippen molar-refractivity contribution in [3.63, 3.8) is 0 Å². The SMILES string of the molecule is ClC=CCc1cccc(CC=CCl)c1. The first kappa shape index (κ1) is 11.4. The smallest absolute Gasteiger partial charge is 0.000580 e.